The van der Waals surface area contributed by atoms with E-state index >= 15 is 0 Å². The van der Waals surface area contributed by atoms with E-state index in [1.807, 2.05) is 6.07 Å². The monoisotopic (exact) mass is 267 g/mol. The maximum atomic E-state index is 13.2. The molecule has 1 aliphatic rings. The van der Waals surface area contributed by atoms with Crippen LogP contribution in [0.1, 0.15) is 44.7 Å². The van der Waals surface area contributed by atoms with Crippen molar-refractivity contribution in [1.82, 2.24) is 5.32 Å². The average Bonchev–Trinajstić information content (AvgIpc) is 2.77. The number of rotatable bonds is 5. The van der Waals surface area contributed by atoms with Crippen LogP contribution in [0.4, 0.5) is 4.39 Å². The third-order valence-electron chi connectivity index (χ3n) is 3.68. The molecule has 0 saturated carbocycles. The molecular formula is C15H22FNS. The summed E-state index contributed by atoms with van der Waals surface area (Å²) in [4.78, 5) is 0. The first kappa shape index (κ1) is 13.9. The fourth-order valence-electron chi connectivity index (χ4n) is 2.54. The molecule has 0 bridgehead atoms. The minimum Gasteiger partial charge on any atom is -0.309 e. The summed E-state index contributed by atoms with van der Waals surface area (Å²) in [7, 11) is 0. The van der Waals surface area contributed by atoms with E-state index in [4.69, 9.17) is 0 Å². The van der Waals surface area contributed by atoms with Crippen LogP contribution in [0.15, 0.2) is 24.3 Å². The summed E-state index contributed by atoms with van der Waals surface area (Å²) in [6, 6.07) is 7.21. The van der Waals surface area contributed by atoms with Crippen molar-refractivity contribution in [2.75, 3.05) is 12.3 Å². The van der Waals surface area contributed by atoms with Gasteiger partial charge < -0.3 is 5.32 Å². The molecule has 2 unspecified atom stereocenters. The Morgan fingerprint density at radius 1 is 1.50 bits per heavy atom. The van der Waals surface area contributed by atoms with Gasteiger partial charge in [0.2, 0.25) is 0 Å². The molecule has 1 aliphatic heterocycles. The molecule has 1 fully saturated rings. The Bertz CT molecular complexity index is 388. The lowest BCUT2D eigenvalue weighted by Crippen LogP contribution is -2.35. The Morgan fingerprint density at radius 3 is 2.94 bits per heavy atom. The van der Waals surface area contributed by atoms with E-state index in [9.17, 15) is 4.39 Å². The highest BCUT2D eigenvalue weighted by atomic mass is 32.2. The molecule has 18 heavy (non-hydrogen) atoms. The van der Waals surface area contributed by atoms with Gasteiger partial charge in [-0.15, -0.1) is 0 Å². The predicted octanol–water partition coefficient (Wildman–Crippen LogP) is 4.15. The quantitative estimate of drug-likeness (QED) is 0.860. The first-order valence-corrected chi connectivity index (χ1v) is 7.74. The molecule has 0 amide bonds. The molecule has 3 heteroatoms. The van der Waals surface area contributed by atoms with Gasteiger partial charge in [0.05, 0.1) is 0 Å². The number of benzene rings is 1. The Balaban J connectivity index is 1.97. The molecule has 100 valence electrons. The van der Waals surface area contributed by atoms with Gasteiger partial charge in [-0.1, -0.05) is 19.1 Å². The van der Waals surface area contributed by atoms with Crippen LogP contribution in [-0.4, -0.2) is 17.0 Å². The third-order valence-corrected chi connectivity index (χ3v) is 5.22. The van der Waals surface area contributed by atoms with Gasteiger partial charge in [-0.25, -0.2) is 4.39 Å². The summed E-state index contributed by atoms with van der Waals surface area (Å²) in [5, 5.41) is 3.61. The van der Waals surface area contributed by atoms with Crippen LogP contribution < -0.4 is 5.32 Å². The number of nitrogens with one attached hydrogen (secondary N) is 1. The van der Waals surface area contributed by atoms with Gasteiger partial charge in [-0.05, 0) is 49.6 Å². The highest BCUT2D eigenvalue weighted by molar-refractivity contribution is 8.00. The molecule has 1 heterocycles. The minimum atomic E-state index is -0.144. The molecule has 1 saturated heterocycles. The van der Waals surface area contributed by atoms with Crippen LogP contribution in [0.5, 0.6) is 0 Å². The van der Waals surface area contributed by atoms with Gasteiger partial charge in [0.15, 0.2) is 0 Å². The number of hydrogen-bond donors (Lipinski definition) is 1. The molecule has 0 radical (unpaired) electrons. The highest BCUT2D eigenvalue weighted by Gasteiger charge is 2.29. The van der Waals surface area contributed by atoms with Crippen LogP contribution in [0, 0.1) is 5.82 Å². The zero-order valence-electron chi connectivity index (χ0n) is 11.2. The molecule has 1 N–H and O–H groups in total. The first-order valence-electron chi connectivity index (χ1n) is 6.76. The van der Waals surface area contributed by atoms with Crippen molar-refractivity contribution in [3.63, 3.8) is 0 Å². The zero-order valence-corrected chi connectivity index (χ0v) is 12.0. The van der Waals surface area contributed by atoms with E-state index in [0.29, 0.717) is 4.75 Å². The van der Waals surface area contributed by atoms with E-state index in [1.165, 1.54) is 24.7 Å². The molecular weight excluding hydrogens is 245 g/mol. The summed E-state index contributed by atoms with van der Waals surface area (Å²) in [5.74, 6) is 1.13. The standard InChI is InChI=1S/C15H22FNS/c1-3-14(12-6-4-7-13(16)10-12)17-11-15(2)8-5-9-18-15/h4,6-7,10,14,17H,3,5,8-9,11H2,1-2H3. The number of halogens is 1. The van der Waals surface area contributed by atoms with Gasteiger partial charge in [-0.3, -0.25) is 0 Å². The SMILES string of the molecule is CCC(NCC1(C)CCCS1)c1cccc(F)c1. The fourth-order valence-corrected chi connectivity index (χ4v) is 3.79. The topological polar surface area (TPSA) is 12.0 Å². The largest absolute Gasteiger partial charge is 0.309 e. The zero-order chi connectivity index (χ0) is 13.0. The predicted molar refractivity (Wildman–Crippen MR) is 77.5 cm³/mol. The second-order valence-corrected chi connectivity index (χ2v) is 6.98. The van der Waals surface area contributed by atoms with Gasteiger partial charge in [-0.2, -0.15) is 11.8 Å². The fraction of sp³-hybridized carbons (Fsp3) is 0.600. The van der Waals surface area contributed by atoms with Crippen molar-refractivity contribution in [3.8, 4) is 0 Å². The molecule has 2 atom stereocenters. The maximum absolute atomic E-state index is 13.2. The molecule has 1 aromatic carbocycles. The van der Waals surface area contributed by atoms with Crippen LogP contribution in [0.2, 0.25) is 0 Å². The van der Waals surface area contributed by atoms with E-state index in [2.05, 4.69) is 30.9 Å². The summed E-state index contributed by atoms with van der Waals surface area (Å²) in [6.07, 6.45) is 3.59. The van der Waals surface area contributed by atoms with Crippen molar-refractivity contribution in [3.05, 3.63) is 35.6 Å². The lowest BCUT2D eigenvalue weighted by molar-refractivity contribution is 0.460. The van der Waals surface area contributed by atoms with Crippen molar-refractivity contribution < 1.29 is 4.39 Å². The number of hydrogen-bond acceptors (Lipinski definition) is 2. The van der Waals surface area contributed by atoms with E-state index < -0.39 is 0 Å². The molecule has 1 aromatic rings. The van der Waals surface area contributed by atoms with E-state index in [-0.39, 0.29) is 11.9 Å². The highest BCUT2D eigenvalue weighted by Crippen LogP contribution is 2.37. The molecule has 0 aromatic heterocycles. The molecule has 1 nitrogen and oxygen atoms in total. The lowest BCUT2D eigenvalue weighted by atomic mass is 10.0. The Hall–Kier alpha value is -0.540. The normalized spacial score (nSPS) is 25.3. The van der Waals surface area contributed by atoms with Crippen molar-refractivity contribution >= 4 is 11.8 Å². The molecule has 0 aliphatic carbocycles. The second kappa shape index (κ2) is 6.07. The second-order valence-electron chi connectivity index (χ2n) is 5.30. The maximum Gasteiger partial charge on any atom is 0.123 e. The summed E-state index contributed by atoms with van der Waals surface area (Å²) >= 11 is 2.06. The summed E-state index contributed by atoms with van der Waals surface area (Å²) in [5.41, 5.74) is 1.06. The Morgan fingerprint density at radius 2 is 2.33 bits per heavy atom. The number of thioether (sulfide) groups is 1. The van der Waals surface area contributed by atoms with Gasteiger partial charge in [0, 0.05) is 17.3 Å². The first-order chi connectivity index (χ1) is 8.63. The summed E-state index contributed by atoms with van der Waals surface area (Å²) < 4.78 is 13.6. The van der Waals surface area contributed by atoms with Crippen LogP contribution in [-0.2, 0) is 0 Å². The van der Waals surface area contributed by atoms with Crippen LogP contribution in [0.3, 0.4) is 0 Å². The molecule has 2 rings (SSSR count). The third kappa shape index (κ3) is 3.48. The van der Waals surface area contributed by atoms with Gasteiger partial charge in [0.1, 0.15) is 5.82 Å². The minimum absolute atomic E-state index is 0.144. The van der Waals surface area contributed by atoms with Crippen LogP contribution >= 0.6 is 11.8 Å². The Labute approximate surface area is 114 Å². The van der Waals surface area contributed by atoms with Crippen LogP contribution in [0.25, 0.3) is 0 Å². The Kier molecular flexibility index (Phi) is 4.68. The summed E-state index contributed by atoms with van der Waals surface area (Å²) in [6.45, 7) is 5.48. The smallest absolute Gasteiger partial charge is 0.123 e. The van der Waals surface area contributed by atoms with Crippen molar-refractivity contribution in [2.45, 2.75) is 43.9 Å². The van der Waals surface area contributed by atoms with Crippen molar-refractivity contribution in [2.24, 2.45) is 0 Å². The van der Waals surface area contributed by atoms with E-state index in [0.717, 1.165) is 18.5 Å². The van der Waals surface area contributed by atoms with Crippen molar-refractivity contribution in [1.29, 1.82) is 0 Å². The van der Waals surface area contributed by atoms with Gasteiger partial charge in [0.25, 0.3) is 0 Å². The average molecular weight is 267 g/mol. The van der Waals surface area contributed by atoms with E-state index in [1.54, 1.807) is 12.1 Å². The van der Waals surface area contributed by atoms with Gasteiger partial charge >= 0.3 is 0 Å². The molecule has 0 spiro atoms. The lowest BCUT2D eigenvalue weighted by Gasteiger charge is -2.27.